The largest absolute Gasteiger partial charge is 0.353 e. The van der Waals surface area contributed by atoms with Gasteiger partial charge in [0.05, 0.1) is 11.6 Å². The Bertz CT molecular complexity index is 733. The number of hydrogen-bond acceptors (Lipinski definition) is 6. The zero-order chi connectivity index (χ0) is 14.3. The van der Waals surface area contributed by atoms with Gasteiger partial charge in [0.25, 0.3) is 10.2 Å². The van der Waals surface area contributed by atoms with Gasteiger partial charge in [-0.3, -0.25) is 4.68 Å². The second-order valence-electron chi connectivity index (χ2n) is 4.63. The molecule has 0 amide bonds. The molecule has 3 rings (SSSR count). The van der Waals surface area contributed by atoms with Crippen LogP contribution in [0.4, 0.5) is 5.82 Å². The van der Waals surface area contributed by atoms with Crippen molar-refractivity contribution in [1.82, 2.24) is 24.1 Å². The first kappa shape index (κ1) is 13.2. The maximum absolute atomic E-state index is 11.3. The fraction of sp³-hybridized carbons (Fsp3) is 0.500. The Labute approximate surface area is 116 Å². The summed E-state index contributed by atoms with van der Waals surface area (Å²) in [7, 11) is -1.79. The molecule has 20 heavy (non-hydrogen) atoms. The van der Waals surface area contributed by atoms with E-state index in [-0.39, 0.29) is 0 Å². The van der Waals surface area contributed by atoms with Gasteiger partial charge in [0.15, 0.2) is 5.65 Å². The summed E-state index contributed by atoms with van der Waals surface area (Å²) in [4.78, 5) is 10.5. The Morgan fingerprint density at radius 2 is 1.90 bits per heavy atom. The molecular weight excluding hydrogens is 282 g/mol. The Balaban J connectivity index is 1.87. The van der Waals surface area contributed by atoms with Crippen molar-refractivity contribution in [3.63, 3.8) is 0 Å². The van der Waals surface area contributed by atoms with E-state index >= 15 is 0 Å². The summed E-state index contributed by atoms with van der Waals surface area (Å²) in [6.07, 6.45) is 3.21. The van der Waals surface area contributed by atoms with E-state index in [0.29, 0.717) is 26.2 Å². The van der Waals surface area contributed by atoms with Gasteiger partial charge in [0, 0.05) is 33.2 Å². The summed E-state index contributed by atoms with van der Waals surface area (Å²) in [6.45, 7) is 1.78. The van der Waals surface area contributed by atoms with Crippen LogP contribution in [0.25, 0.3) is 11.0 Å². The predicted octanol–water partition coefficient (Wildman–Crippen LogP) is -1.31. The average molecular weight is 297 g/mol. The maximum atomic E-state index is 11.3. The summed E-state index contributed by atoms with van der Waals surface area (Å²) in [5, 5.41) is 10.2. The average Bonchev–Trinajstić information content (AvgIpc) is 2.80. The number of fused-ring (bicyclic) bond motifs is 1. The van der Waals surface area contributed by atoms with Crippen LogP contribution in [0, 0.1) is 0 Å². The zero-order valence-corrected chi connectivity index (χ0v) is 11.8. The summed E-state index contributed by atoms with van der Waals surface area (Å²) in [5.74, 6) is 0.775. The lowest BCUT2D eigenvalue weighted by molar-refractivity contribution is 0.385. The molecular formula is C10H15N7O2S. The fourth-order valence-electron chi connectivity index (χ4n) is 2.36. The SMILES string of the molecule is Cn1ncc2c(N3CCN(S(N)(=O)=O)CC3)ncnc21. The van der Waals surface area contributed by atoms with Crippen molar-refractivity contribution >= 4 is 27.1 Å². The smallest absolute Gasteiger partial charge is 0.277 e. The molecule has 0 radical (unpaired) electrons. The van der Waals surface area contributed by atoms with Crippen molar-refractivity contribution in [2.24, 2.45) is 12.2 Å². The van der Waals surface area contributed by atoms with E-state index < -0.39 is 10.2 Å². The molecule has 0 aliphatic carbocycles. The van der Waals surface area contributed by atoms with E-state index in [0.717, 1.165) is 16.9 Å². The van der Waals surface area contributed by atoms with Crippen LogP contribution in [0.15, 0.2) is 12.5 Å². The molecule has 0 bridgehead atoms. The highest BCUT2D eigenvalue weighted by atomic mass is 32.2. The molecule has 10 heteroatoms. The number of piperazine rings is 1. The second-order valence-corrected chi connectivity index (χ2v) is 6.18. The number of nitrogens with zero attached hydrogens (tertiary/aromatic N) is 6. The van der Waals surface area contributed by atoms with Gasteiger partial charge in [-0.1, -0.05) is 0 Å². The highest BCUT2D eigenvalue weighted by Crippen LogP contribution is 2.23. The maximum Gasteiger partial charge on any atom is 0.277 e. The van der Waals surface area contributed by atoms with Gasteiger partial charge in [0.2, 0.25) is 0 Å². The molecule has 3 heterocycles. The van der Waals surface area contributed by atoms with Gasteiger partial charge >= 0.3 is 0 Å². The van der Waals surface area contributed by atoms with Crippen molar-refractivity contribution < 1.29 is 8.42 Å². The van der Waals surface area contributed by atoms with Crippen LogP contribution in [0.2, 0.25) is 0 Å². The molecule has 2 aromatic rings. The summed E-state index contributed by atoms with van der Waals surface area (Å²) < 4.78 is 25.5. The van der Waals surface area contributed by atoms with Gasteiger partial charge in [-0.2, -0.15) is 17.8 Å². The number of rotatable bonds is 2. The van der Waals surface area contributed by atoms with Gasteiger partial charge in [-0.15, -0.1) is 0 Å². The van der Waals surface area contributed by atoms with Gasteiger partial charge in [-0.05, 0) is 0 Å². The third kappa shape index (κ3) is 2.21. The molecule has 2 N–H and O–H groups in total. The minimum absolute atomic E-state index is 0.352. The standard InChI is InChI=1S/C10H15N7O2S/c1-15-9-8(6-14-15)10(13-7-12-9)16-2-4-17(5-3-16)20(11,18)19/h6-7H,2-5H2,1H3,(H2,11,18,19). The van der Waals surface area contributed by atoms with Gasteiger partial charge < -0.3 is 4.90 Å². The lowest BCUT2D eigenvalue weighted by Gasteiger charge is -2.33. The Morgan fingerprint density at radius 3 is 2.55 bits per heavy atom. The first-order chi connectivity index (χ1) is 9.47. The van der Waals surface area contributed by atoms with E-state index in [1.807, 2.05) is 11.9 Å². The number of nitrogens with two attached hydrogens (primary N) is 1. The monoisotopic (exact) mass is 297 g/mol. The molecule has 1 aliphatic heterocycles. The Morgan fingerprint density at radius 1 is 1.20 bits per heavy atom. The summed E-state index contributed by atoms with van der Waals surface area (Å²) in [5.41, 5.74) is 0.754. The number of aromatic nitrogens is 4. The molecule has 1 saturated heterocycles. The van der Waals surface area contributed by atoms with Gasteiger partial charge in [-0.25, -0.2) is 15.1 Å². The van der Waals surface area contributed by atoms with Crippen LogP contribution in [-0.2, 0) is 17.3 Å². The number of aryl methyl sites for hydroxylation is 1. The Kier molecular flexibility index (Phi) is 3.07. The fourth-order valence-corrected chi connectivity index (χ4v) is 3.03. The van der Waals surface area contributed by atoms with Crippen LogP contribution in [0.1, 0.15) is 0 Å². The number of hydrogen-bond donors (Lipinski definition) is 1. The third-order valence-corrected chi connectivity index (χ3v) is 4.49. The molecule has 0 spiro atoms. The molecule has 108 valence electrons. The molecule has 1 fully saturated rings. The van der Waals surface area contributed by atoms with E-state index in [4.69, 9.17) is 5.14 Å². The highest BCUT2D eigenvalue weighted by Gasteiger charge is 2.25. The Hall–Kier alpha value is -1.78. The van der Waals surface area contributed by atoms with Crippen molar-refractivity contribution in [1.29, 1.82) is 0 Å². The normalized spacial score (nSPS) is 17.8. The van der Waals surface area contributed by atoms with Crippen molar-refractivity contribution in [2.45, 2.75) is 0 Å². The van der Waals surface area contributed by atoms with E-state index in [1.54, 1.807) is 10.9 Å². The lowest BCUT2D eigenvalue weighted by Crippen LogP contribution is -2.51. The van der Waals surface area contributed by atoms with Crippen LogP contribution < -0.4 is 10.0 Å². The summed E-state index contributed by atoms with van der Waals surface area (Å²) in [6, 6.07) is 0. The van der Waals surface area contributed by atoms with E-state index in [1.165, 1.54) is 10.6 Å². The van der Waals surface area contributed by atoms with Crippen LogP contribution in [-0.4, -0.2) is 58.7 Å². The molecule has 9 nitrogen and oxygen atoms in total. The molecule has 1 aliphatic rings. The van der Waals surface area contributed by atoms with Crippen LogP contribution in [0.5, 0.6) is 0 Å². The minimum atomic E-state index is -3.61. The lowest BCUT2D eigenvalue weighted by atomic mass is 10.3. The molecule has 0 unspecified atom stereocenters. The molecule has 0 aromatic carbocycles. The first-order valence-corrected chi connectivity index (χ1v) is 7.62. The number of anilines is 1. The molecule has 0 saturated carbocycles. The second kappa shape index (κ2) is 4.65. The topological polar surface area (TPSA) is 110 Å². The van der Waals surface area contributed by atoms with Crippen molar-refractivity contribution in [3.8, 4) is 0 Å². The summed E-state index contributed by atoms with van der Waals surface area (Å²) >= 11 is 0. The quantitative estimate of drug-likeness (QED) is 0.737. The first-order valence-electron chi connectivity index (χ1n) is 6.12. The van der Waals surface area contributed by atoms with Crippen LogP contribution >= 0.6 is 0 Å². The minimum Gasteiger partial charge on any atom is -0.353 e. The third-order valence-electron chi connectivity index (χ3n) is 3.41. The van der Waals surface area contributed by atoms with Crippen molar-refractivity contribution in [2.75, 3.05) is 31.1 Å². The zero-order valence-electron chi connectivity index (χ0n) is 11.0. The van der Waals surface area contributed by atoms with E-state index in [2.05, 4.69) is 15.1 Å². The molecule has 0 atom stereocenters. The van der Waals surface area contributed by atoms with Crippen LogP contribution in [0.3, 0.4) is 0 Å². The van der Waals surface area contributed by atoms with E-state index in [9.17, 15) is 8.42 Å². The molecule has 2 aromatic heterocycles. The highest BCUT2D eigenvalue weighted by molar-refractivity contribution is 7.86. The van der Waals surface area contributed by atoms with Gasteiger partial charge in [0.1, 0.15) is 12.1 Å². The predicted molar refractivity (Wildman–Crippen MR) is 73.2 cm³/mol. The van der Waals surface area contributed by atoms with Crippen molar-refractivity contribution in [3.05, 3.63) is 12.5 Å².